The molecule has 0 saturated heterocycles. The maximum atomic E-state index is 6.61. The van der Waals surface area contributed by atoms with Crippen LogP contribution in [0.2, 0.25) is 10.0 Å². The molecule has 1 heterocycles. The highest BCUT2D eigenvalue weighted by atomic mass is 79.9. The van der Waals surface area contributed by atoms with E-state index in [9.17, 15) is 0 Å². The van der Waals surface area contributed by atoms with Gasteiger partial charge in [0.05, 0.1) is 22.0 Å². The van der Waals surface area contributed by atoms with E-state index in [4.69, 9.17) is 39.5 Å². The maximum absolute atomic E-state index is 6.61. The van der Waals surface area contributed by atoms with Gasteiger partial charge in [-0.25, -0.2) is 0 Å². The molecule has 3 rings (SSSR count). The Morgan fingerprint density at radius 2 is 1.95 bits per heavy atom. The average molecular weight is 407 g/mol. The molecule has 1 aliphatic rings. The minimum atomic E-state index is -0.174. The fourth-order valence-corrected chi connectivity index (χ4v) is 3.70. The Hall–Kier alpha value is -0.410. The van der Waals surface area contributed by atoms with E-state index in [1.807, 2.05) is 18.2 Å². The van der Waals surface area contributed by atoms with Crippen LogP contribution in [0, 0.1) is 0 Å². The lowest BCUT2D eigenvalue weighted by Gasteiger charge is -2.15. The van der Waals surface area contributed by atoms with Gasteiger partial charge in [0, 0.05) is 16.5 Å². The van der Waals surface area contributed by atoms with E-state index in [0.717, 1.165) is 34.4 Å². The Labute approximate surface area is 147 Å². The molecule has 0 aromatic heterocycles. The molecule has 0 fully saturated rings. The lowest BCUT2D eigenvalue weighted by atomic mass is 10.0. The van der Waals surface area contributed by atoms with Crippen molar-refractivity contribution in [3.8, 4) is 5.75 Å². The van der Waals surface area contributed by atoms with Crippen molar-refractivity contribution < 1.29 is 4.74 Å². The second-order valence-corrected chi connectivity index (χ2v) is 7.26. The van der Waals surface area contributed by atoms with Crippen molar-refractivity contribution in [3.05, 3.63) is 61.5 Å². The van der Waals surface area contributed by atoms with Crippen LogP contribution >= 0.6 is 50.7 Å². The van der Waals surface area contributed by atoms with Crippen LogP contribution in [0.1, 0.15) is 22.1 Å². The maximum Gasteiger partial charge on any atom is 0.127 e. The third kappa shape index (κ3) is 3.34. The molecule has 21 heavy (non-hydrogen) atoms. The van der Waals surface area contributed by atoms with Crippen LogP contribution in [-0.2, 0) is 12.8 Å². The minimum absolute atomic E-state index is 0.174. The molecule has 0 saturated carbocycles. The predicted molar refractivity (Wildman–Crippen MR) is 92.1 cm³/mol. The number of benzene rings is 2. The first-order valence-electron chi connectivity index (χ1n) is 6.57. The van der Waals surface area contributed by atoms with Crippen molar-refractivity contribution in [2.45, 2.75) is 18.2 Å². The standard InChI is InChI=1S/C16H12BrCl3O/c17-11-7-10-3-4-21-16(10)12(8-11)14(19)5-9-1-2-13(18)15(20)6-9/h1-2,6-8,14H,3-5H2. The molecule has 0 N–H and O–H groups in total. The first-order valence-corrected chi connectivity index (χ1v) is 8.56. The average Bonchev–Trinajstić information content (AvgIpc) is 2.90. The van der Waals surface area contributed by atoms with E-state index in [-0.39, 0.29) is 5.38 Å². The fraction of sp³-hybridized carbons (Fsp3) is 0.250. The molecule has 0 bridgehead atoms. The fourth-order valence-electron chi connectivity index (χ4n) is 2.51. The number of rotatable bonds is 3. The Kier molecular flexibility index (Phi) is 4.70. The summed E-state index contributed by atoms with van der Waals surface area (Å²) in [6.07, 6.45) is 1.60. The quantitative estimate of drug-likeness (QED) is 0.550. The van der Waals surface area contributed by atoms with E-state index in [1.165, 1.54) is 5.56 Å². The highest BCUT2D eigenvalue weighted by Gasteiger charge is 2.22. The number of ether oxygens (including phenoxy) is 1. The van der Waals surface area contributed by atoms with Gasteiger partial charge in [-0.3, -0.25) is 0 Å². The molecule has 0 amide bonds. The van der Waals surface area contributed by atoms with E-state index < -0.39 is 0 Å². The SMILES string of the molecule is Clc1ccc(CC(Cl)c2cc(Br)cc3c2OCC3)cc1Cl. The van der Waals surface area contributed by atoms with Crippen LogP contribution in [0.25, 0.3) is 0 Å². The third-order valence-corrected chi connectivity index (χ3v) is 5.10. The van der Waals surface area contributed by atoms with Gasteiger partial charge >= 0.3 is 0 Å². The predicted octanol–water partition coefficient (Wildman–Crippen LogP) is 6.21. The molecule has 1 nitrogen and oxygen atoms in total. The summed E-state index contributed by atoms with van der Waals surface area (Å²) >= 11 is 22.1. The van der Waals surface area contributed by atoms with Crippen LogP contribution in [0.15, 0.2) is 34.8 Å². The number of alkyl halides is 1. The van der Waals surface area contributed by atoms with Gasteiger partial charge in [0.1, 0.15) is 5.75 Å². The van der Waals surface area contributed by atoms with E-state index in [1.54, 1.807) is 6.07 Å². The number of hydrogen-bond acceptors (Lipinski definition) is 1. The van der Waals surface area contributed by atoms with Gasteiger partial charge < -0.3 is 4.74 Å². The van der Waals surface area contributed by atoms with Gasteiger partial charge in [-0.05, 0) is 41.8 Å². The molecule has 1 unspecified atom stereocenters. The van der Waals surface area contributed by atoms with Crippen molar-refractivity contribution in [1.82, 2.24) is 0 Å². The Morgan fingerprint density at radius 1 is 1.14 bits per heavy atom. The molecule has 0 radical (unpaired) electrons. The largest absolute Gasteiger partial charge is 0.493 e. The normalized spacial score (nSPS) is 14.7. The first kappa shape index (κ1) is 15.5. The van der Waals surface area contributed by atoms with Crippen LogP contribution in [-0.4, -0.2) is 6.61 Å². The number of halogens is 4. The van der Waals surface area contributed by atoms with Crippen molar-refractivity contribution in [1.29, 1.82) is 0 Å². The first-order chi connectivity index (χ1) is 10.0. The van der Waals surface area contributed by atoms with Crippen molar-refractivity contribution in [2.24, 2.45) is 0 Å². The second-order valence-electron chi connectivity index (χ2n) is 5.00. The topological polar surface area (TPSA) is 9.23 Å². The van der Waals surface area contributed by atoms with Gasteiger partial charge in [-0.2, -0.15) is 0 Å². The zero-order chi connectivity index (χ0) is 15.0. The van der Waals surface area contributed by atoms with Gasteiger partial charge in [-0.1, -0.05) is 45.2 Å². The smallest absolute Gasteiger partial charge is 0.127 e. The van der Waals surface area contributed by atoms with E-state index in [2.05, 4.69) is 22.0 Å². The summed E-state index contributed by atoms with van der Waals surface area (Å²) < 4.78 is 6.76. The van der Waals surface area contributed by atoms with Crippen LogP contribution in [0.5, 0.6) is 5.75 Å². The summed E-state index contributed by atoms with van der Waals surface area (Å²) in [6.45, 7) is 0.717. The summed E-state index contributed by atoms with van der Waals surface area (Å²) in [5, 5.41) is 0.929. The number of fused-ring (bicyclic) bond motifs is 1. The Bertz CT molecular complexity index is 687. The minimum Gasteiger partial charge on any atom is -0.493 e. The summed E-state index contributed by atoms with van der Waals surface area (Å²) in [4.78, 5) is 0. The molecule has 5 heteroatoms. The van der Waals surface area contributed by atoms with Crippen molar-refractivity contribution in [2.75, 3.05) is 6.61 Å². The van der Waals surface area contributed by atoms with Gasteiger partial charge in [-0.15, -0.1) is 11.6 Å². The molecule has 1 aliphatic heterocycles. The zero-order valence-electron chi connectivity index (χ0n) is 11.0. The summed E-state index contributed by atoms with van der Waals surface area (Å²) in [5.41, 5.74) is 3.28. The van der Waals surface area contributed by atoms with Crippen molar-refractivity contribution in [3.63, 3.8) is 0 Å². The van der Waals surface area contributed by atoms with Gasteiger partial charge in [0.15, 0.2) is 0 Å². The summed E-state index contributed by atoms with van der Waals surface area (Å²) in [5.74, 6) is 0.929. The molecular weight excluding hydrogens is 394 g/mol. The third-order valence-electron chi connectivity index (χ3n) is 3.51. The van der Waals surface area contributed by atoms with Gasteiger partial charge in [0.25, 0.3) is 0 Å². The lowest BCUT2D eigenvalue weighted by Crippen LogP contribution is -1.99. The molecule has 110 valence electrons. The van der Waals surface area contributed by atoms with Crippen LogP contribution < -0.4 is 4.74 Å². The zero-order valence-corrected chi connectivity index (χ0v) is 14.9. The van der Waals surface area contributed by atoms with Crippen LogP contribution in [0.4, 0.5) is 0 Å². The van der Waals surface area contributed by atoms with Gasteiger partial charge in [0.2, 0.25) is 0 Å². The highest BCUT2D eigenvalue weighted by molar-refractivity contribution is 9.10. The lowest BCUT2D eigenvalue weighted by molar-refractivity contribution is 0.353. The molecule has 2 aromatic carbocycles. The van der Waals surface area contributed by atoms with E-state index in [0.29, 0.717) is 16.5 Å². The highest BCUT2D eigenvalue weighted by Crippen LogP contribution is 2.40. The summed E-state index contributed by atoms with van der Waals surface area (Å²) in [7, 11) is 0. The van der Waals surface area contributed by atoms with E-state index >= 15 is 0 Å². The van der Waals surface area contributed by atoms with Crippen molar-refractivity contribution >= 4 is 50.7 Å². The summed E-state index contributed by atoms with van der Waals surface area (Å²) in [6, 6.07) is 9.72. The monoisotopic (exact) mass is 404 g/mol. The molecule has 0 aliphatic carbocycles. The Balaban J connectivity index is 1.89. The molecule has 2 aromatic rings. The molecule has 1 atom stereocenters. The van der Waals surface area contributed by atoms with Crippen LogP contribution in [0.3, 0.4) is 0 Å². The molecule has 0 spiro atoms. The second kappa shape index (κ2) is 6.37. The number of hydrogen-bond donors (Lipinski definition) is 0. The molecular formula is C16H12BrCl3O. The Morgan fingerprint density at radius 3 is 2.71 bits per heavy atom.